The third kappa shape index (κ3) is 47.4. The molecule has 0 aromatic carbocycles. The van der Waals surface area contributed by atoms with Crippen LogP contribution in [0.15, 0.2) is 0 Å². The van der Waals surface area contributed by atoms with Crippen LogP contribution >= 0.6 is 0 Å². The number of hydrogen-bond donors (Lipinski definition) is 3. The van der Waals surface area contributed by atoms with E-state index in [9.17, 15) is 4.79 Å². The van der Waals surface area contributed by atoms with Crippen LogP contribution in [0.2, 0.25) is 0 Å². The van der Waals surface area contributed by atoms with Gasteiger partial charge in [0.2, 0.25) is 0 Å². The van der Waals surface area contributed by atoms with Crippen LogP contribution in [0.25, 0.3) is 0 Å². The first-order valence-electron chi connectivity index (χ1n) is 4.69. The summed E-state index contributed by atoms with van der Waals surface area (Å²) in [6.07, 6.45) is 5.88. The maximum absolute atomic E-state index is 10.0. The van der Waals surface area contributed by atoms with Crippen molar-refractivity contribution in [1.29, 1.82) is 0 Å². The summed E-state index contributed by atoms with van der Waals surface area (Å²) in [5, 5.41) is 8.27. The van der Waals surface area contributed by atoms with E-state index in [0.29, 0.717) is 6.42 Å². The fourth-order valence-corrected chi connectivity index (χ4v) is 0.880. The van der Waals surface area contributed by atoms with Gasteiger partial charge in [-0.05, 0) is 6.42 Å². The van der Waals surface area contributed by atoms with Crippen molar-refractivity contribution >= 4 is 45.9 Å². The quantitative estimate of drug-likeness (QED) is 0.377. The molecule has 0 aromatic rings. The van der Waals surface area contributed by atoms with E-state index >= 15 is 0 Å². The third-order valence-electron chi connectivity index (χ3n) is 1.49. The second kappa shape index (κ2) is 13.4. The second-order valence-corrected chi connectivity index (χ2v) is 3.90. The SMILES string of the molecule is CCCCCCCC(=O)O.O=S(=O)(O)O.[NaH]. The number of carbonyl (C=O) groups is 1. The Kier molecular flexibility index (Phi) is 18.1. The molecule has 0 aliphatic carbocycles. The van der Waals surface area contributed by atoms with Crippen molar-refractivity contribution in [3.05, 3.63) is 0 Å². The molecule has 0 radical (unpaired) electrons. The van der Waals surface area contributed by atoms with Crippen molar-refractivity contribution < 1.29 is 27.4 Å². The molecule has 0 saturated heterocycles. The Morgan fingerprint density at radius 2 is 1.44 bits per heavy atom. The van der Waals surface area contributed by atoms with Crippen LogP contribution in [0.1, 0.15) is 45.4 Å². The first kappa shape index (κ1) is 21.6. The monoisotopic (exact) mass is 266 g/mol. The topological polar surface area (TPSA) is 112 Å². The number of unbranched alkanes of at least 4 members (excludes halogenated alkanes) is 4. The molecule has 8 heteroatoms. The van der Waals surface area contributed by atoms with Gasteiger partial charge in [-0.3, -0.25) is 13.9 Å². The number of carboxylic acid groups (broad SMARTS) is 1. The average molecular weight is 266 g/mol. The van der Waals surface area contributed by atoms with Crippen molar-refractivity contribution in [2.75, 3.05) is 0 Å². The van der Waals surface area contributed by atoms with Crippen LogP contribution < -0.4 is 0 Å². The Hall–Kier alpha value is 0.340. The van der Waals surface area contributed by atoms with Gasteiger partial charge in [-0.15, -0.1) is 0 Å². The molecule has 0 aliphatic heterocycles. The van der Waals surface area contributed by atoms with E-state index < -0.39 is 16.4 Å². The van der Waals surface area contributed by atoms with Gasteiger partial charge in [-0.2, -0.15) is 8.42 Å². The molecule has 0 saturated carbocycles. The van der Waals surface area contributed by atoms with Gasteiger partial charge in [0.25, 0.3) is 0 Å². The van der Waals surface area contributed by atoms with E-state index in [0.717, 1.165) is 12.8 Å². The maximum atomic E-state index is 10.0. The zero-order valence-corrected chi connectivity index (χ0v) is 9.53. The molecule has 0 heterocycles. The van der Waals surface area contributed by atoms with E-state index in [1.54, 1.807) is 0 Å². The normalized spacial score (nSPS) is 9.69. The molecule has 16 heavy (non-hydrogen) atoms. The summed E-state index contributed by atoms with van der Waals surface area (Å²) in [6.45, 7) is 2.15. The van der Waals surface area contributed by atoms with Gasteiger partial charge in [0.1, 0.15) is 0 Å². The zero-order valence-electron chi connectivity index (χ0n) is 8.72. The molecule has 0 aliphatic rings. The Morgan fingerprint density at radius 3 is 1.75 bits per heavy atom. The Labute approximate surface area is 118 Å². The fourth-order valence-electron chi connectivity index (χ4n) is 0.880. The van der Waals surface area contributed by atoms with Gasteiger partial charge in [-0.25, -0.2) is 0 Å². The van der Waals surface area contributed by atoms with Crippen molar-refractivity contribution in [3.8, 4) is 0 Å². The molecular formula is C8H19NaO6S. The summed E-state index contributed by atoms with van der Waals surface area (Å²) < 4.78 is 31.6. The van der Waals surface area contributed by atoms with Gasteiger partial charge >= 0.3 is 45.9 Å². The Bertz CT molecular complexity index is 243. The molecule has 6 nitrogen and oxygen atoms in total. The van der Waals surface area contributed by atoms with E-state index in [1.807, 2.05) is 0 Å². The van der Waals surface area contributed by atoms with Crippen molar-refractivity contribution in [3.63, 3.8) is 0 Å². The fraction of sp³-hybridized carbons (Fsp3) is 0.875. The number of aliphatic carboxylic acids is 1. The Morgan fingerprint density at radius 1 is 1.06 bits per heavy atom. The summed E-state index contributed by atoms with van der Waals surface area (Å²) in [5.41, 5.74) is 0. The van der Waals surface area contributed by atoms with E-state index in [1.165, 1.54) is 19.3 Å². The van der Waals surface area contributed by atoms with Gasteiger partial charge in [-0.1, -0.05) is 32.6 Å². The van der Waals surface area contributed by atoms with Crippen LogP contribution in [0.5, 0.6) is 0 Å². The van der Waals surface area contributed by atoms with Crippen LogP contribution in [0, 0.1) is 0 Å². The van der Waals surface area contributed by atoms with Gasteiger partial charge in [0.15, 0.2) is 0 Å². The molecule has 0 fully saturated rings. The molecular weight excluding hydrogens is 247 g/mol. The standard InChI is InChI=1S/C8H16O2.Na.H2O4S.H/c1-2-3-4-5-6-7-8(9)10;;1-5(2,3)4;/h2-7H2,1H3,(H,9,10);;(H2,1,2,3,4);. The number of hydrogen-bond acceptors (Lipinski definition) is 3. The van der Waals surface area contributed by atoms with E-state index in [-0.39, 0.29) is 29.6 Å². The minimum absolute atomic E-state index is 0. The van der Waals surface area contributed by atoms with Crippen LogP contribution in [0.4, 0.5) is 0 Å². The molecule has 0 aromatic heterocycles. The van der Waals surface area contributed by atoms with Crippen LogP contribution in [-0.2, 0) is 15.2 Å². The average Bonchev–Trinajstić information content (AvgIpc) is 2.00. The zero-order chi connectivity index (χ0) is 12.3. The summed E-state index contributed by atoms with van der Waals surface area (Å²) in [6, 6.07) is 0. The predicted molar refractivity (Wildman–Crippen MR) is 62.3 cm³/mol. The molecule has 0 spiro atoms. The predicted octanol–water partition coefficient (Wildman–Crippen LogP) is 1.13. The molecule has 94 valence electrons. The van der Waals surface area contributed by atoms with Crippen LogP contribution in [-0.4, -0.2) is 58.2 Å². The first-order chi connectivity index (χ1) is 6.77. The molecule has 0 amide bonds. The third-order valence-corrected chi connectivity index (χ3v) is 1.49. The van der Waals surface area contributed by atoms with Crippen LogP contribution in [0.3, 0.4) is 0 Å². The van der Waals surface area contributed by atoms with Crippen molar-refractivity contribution in [1.82, 2.24) is 0 Å². The molecule has 0 bridgehead atoms. The molecule has 0 unspecified atom stereocenters. The molecule has 3 N–H and O–H groups in total. The first-order valence-corrected chi connectivity index (χ1v) is 6.08. The molecule has 0 rings (SSSR count). The summed E-state index contributed by atoms with van der Waals surface area (Å²) in [7, 11) is -4.67. The second-order valence-electron chi connectivity index (χ2n) is 3.01. The van der Waals surface area contributed by atoms with Gasteiger partial charge in [0.05, 0.1) is 0 Å². The van der Waals surface area contributed by atoms with Crippen molar-refractivity contribution in [2.24, 2.45) is 0 Å². The van der Waals surface area contributed by atoms with Gasteiger partial charge in [0, 0.05) is 6.42 Å². The summed E-state index contributed by atoms with van der Waals surface area (Å²) in [5.74, 6) is -0.670. The Balaban J connectivity index is -0.000000242. The van der Waals surface area contributed by atoms with Crippen molar-refractivity contribution in [2.45, 2.75) is 45.4 Å². The number of rotatable bonds is 6. The summed E-state index contributed by atoms with van der Waals surface area (Å²) in [4.78, 5) is 10.0. The summed E-state index contributed by atoms with van der Waals surface area (Å²) >= 11 is 0. The van der Waals surface area contributed by atoms with E-state index in [4.69, 9.17) is 22.6 Å². The minimum atomic E-state index is -4.67. The number of carboxylic acids is 1. The molecule has 0 atom stereocenters. The van der Waals surface area contributed by atoms with Gasteiger partial charge < -0.3 is 5.11 Å². The van der Waals surface area contributed by atoms with E-state index in [2.05, 4.69) is 6.92 Å².